The number of fused-ring (bicyclic) bond motifs is 1. The summed E-state index contributed by atoms with van der Waals surface area (Å²) < 4.78 is 69.7. The molecule has 1 aromatic carbocycles. The third-order valence-electron chi connectivity index (χ3n) is 5.80. The summed E-state index contributed by atoms with van der Waals surface area (Å²) in [7, 11) is -0.609. The van der Waals surface area contributed by atoms with Gasteiger partial charge in [0.05, 0.1) is 10.7 Å². The summed E-state index contributed by atoms with van der Waals surface area (Å²) in [6.45, 7) is 0. The SMILES string of the molecule is CN(C)[C@H]1C[C@H]2C(C[C@@H]1Nc1cc(F)c(S(=O)(=O)Nc3nccs3)cc1Cl)C2(F)F. The van der Waals surface area contributed by atoms with Crippen LogP contribution in [-0.4, -0.2) is 50.4 Å². The normalized spacial score (nSPS) is 27.6. The van der Waals surface area contributed by atoms with Crippen LogP contribution in [0.2, 0.25) is 5.02 Å². The van der Waals surface area contributed by atoms with Gasteiger partial charge in [0.15, 0.2) is 5.13 Å². The first kappa shape index (κ1) is 21.7. The Balaban J connectivity index is 1.57. The smallest absolute Gasteiger partial charge is 0.266 e. The number of halogens is 4. The predicted molar refractivity (Wildman–Crippen MR) is 110 cm³/mol. The molecule has 0 aliphatic heterocycles. The summed E-state index contributed by atoms with van der Waals surface area (Å²) in [5.41, 5.74) is 0.168. The standard InChI is InChI=1S/C18H20ClF3N4O2S2/c1-26(2)15-6-10-9(18(10,21)22)5-14(15)24-13-8-12(20)16(7-11(13)19)30(27,28)25-17-23-3-4-29-17/h3-4,7-10,14-15,24H,5-6H2,1-2H3,(H,23,25)/t9?,10-,14-,15-/m0/s1. The Morgan fingerprint density at radius 1 is 1.27 bits per heavy atom. The number of likely N-dealkylation sites (N-methyl/N-ethyl adjacent to an activating group) is 1. The van der Waals surface area contributed by atoms with Gasteiger partial charge in [-0.15, -0.1) is 11.3 Å². The first-order valence-electron chi connectivity index (χ1n) is 9.23. The molecule has 4 rings (SSSR count). The van der Waals surface area contributed by atoms with Gasteiger partial charge in [-0.3, -0.25) is 4.72 Å². The summed E-state index contributed by atoms with van der Waals surface area (Å²) in [4.78, 5) is 5.06. The maximum Gasteiger partial charge on any atom is 0.266 e. The van der Waals surface area contributed by atoms with Crippen molar-refractivity contribution in [2.45, 2.75) is 35.7 Å². The van der Waals surface area contributed by atoms with Gasteiger partial charge in [-0.2, -0.15) is 0 Å². The van der Waals surface area contributed by atoms with Crippen LogP contribution in [0, 0.1) is 17.7 Å². The Bertz CT molecular complexity index is 1050. The molecule has 12 heteroatoms. The van der Waals surface area contributed by atoms with Crippen LogP contribution in [0.15, 0.2) is 28.6 Å². The molecule has 2 aromatic rings. The van der Waals surface area contributed by atoms with E-state index in [1.807, 2.05) is 19.0 Å². The van der Waals surface area contributed by atoms with Crippen LogP contribution in [0.1, 0.15) is 12.8 Å². The molecule has 0 radical (unpaired) electrons. The minimum atomic E-state index is -4.22. The first-order chi connectivity index (χ1) is 14.0. The molecule has 0 saturated heterocycles. The van der Waals surface area contributed by atoms with E-state index in [1.54, 1.807) is 5.38 Å². The molecule has 2 saturated carbocycles. The van der Waals surface area contributed by atoms with Crippen molar-refractivity contribution in [3.05, 3.63) is 34.5 Å². The van der Waals surface area contributed by atoms with Gasteiger partial charge in [0.1, 0.15) is 10.7 Å². The summed E-state index contributed by atoms with van der Waals surface area (Å²) in [6, 6.07) is 1.44. The molecule has 4 atom stereocenters. The zero-order chi connectivity index (χ0) is 21.8. The van der Waals surface area contributed by atoms with Gasteiger partial charge in [-0.25, -0.2) is 26.6 Å². The molecule has 2 aliphatic carbocycles. The fourth-order valence-corrected chi connectivity index (χ4v) is 6.33. The molecule has 1 aromatic heterocycles. The number of hydrogen-bond donors (Lipinski definition) is 2. The van der Waals surface area contributed by atoms with Crippen molar-refractivity contribution in [3.63, 3.8) is 0 Å². The third kappa shape index (κ3) is 3.88. The van der Waals surface area contributed by atoms with Crippen LogP contribution in [0.5, 0.6) is 0 Å². The second-order valence-corrected chi connectivity index (χ2v) is 10.8. The molecule has 1 unspecified atom stereocenters. The van der Waals surface area contributed by atoms with Crippen molar-refractivity contribution < 1.29 is 21.6 Å². The Hall–Kier alpha value is -1.56. The lowest BCUT2D eigenvalue weighted by Crippen LogP contribution is -2.46. The van der Waals surface area contributed by atoms with E-state index in [9.17, 15) is 21.6 Å². The molecule has 0 amide bonds. The number of thiazole rings is 1. The number of anilines is 2. The molecular weight excluding hydrogens is 461 g/mol. The van der Waals surface area contributed by atoms with E-state index in [1.165, 1.54) is 6.20 Å². The van der Waals surface area contributed by atoms with Crippen LogP contribution in [-0.2, 0) is 10.0 Å². The molecule has 2 aliphatic rings. The van der Waals surface area contributed by atoms with E-state index >= 15 is 0 Å². The molecule has 0 bridgehead atoms. The van der Waals surface area contributed by atoms with Crippen molar-refractivity contribution in [1.82, 2.24) is 9.88 Å². The van der Waals surface area contributed by atoms with Crippen molar-refractivity contribution in [3.8, 4) is 0 Å². The lowest BCUT2D eigenvalue weighted by molar-refractivity contribution is 0.0837. The number of sulfonamides is 1. The summed E-state index contributed by atoms with van der Waals surface area (Å²) in [5, 5.41) is 4.73. The van der Waals surface area contributed by atoms with Gasteiger partial charge >= 0.3 is 0 Å². The quantitative estimate of drug-likeness (QED) is 0.650. The third-order valence-corrected chi connectivity index (χ3v) is 8.29. The topological polar surface area (TPSA) is 74.3 Å². The highest BCUT2D eigenvalue weighted by Gasteiger charge is 2.70. The average Bonchev–Trinajstić information content (AvgIpc) is 2.97. The summed E-state index contributed by atoms with van der Waals surface area (Å²) in [5.74, 6) is -4.99. The van der Waals surface area contributed by atoms with E-state index in [2.05, 4.69) is 15.0 Å². The highest BCUT2D eigenvalue weighted by molar-refractivity contribution is 7.93. The minimum absolute atomic E-state index is 0.0156. The largest absolute Gasteiger partial charge is 0.379 e. The molecule has 30 heavy (non-hydrogen) atoms. The molecular formula is C18H20ClF3N4O2S2. The first-order valence-corrected chi connectivity index (χ1v) is 12.0. The van der Waals surface area contributed by atoms with Crippen molar-refractivity contribution in [2.24, 2.45) is 11.8 Å². The van der Waals surface area contributed by atoms with Gasteiger partial charge in [0, 0.05) is 35.5 Å². The fraction of sp³-hybridized carbons (Fsp3) is 0.500. The van der Waals surface area contributed by atoms with E-state index in [0.717, 1.165) is 23.5 Å². The van der Waals surface area contributed by atoms with E-state index in [0.29, 0.717) is 6.42 Å². The van der Waals surface area contributed by atoms with Crippen molar-refractivity contribution in [1.29, 1.82) is 0 Å². The molecule has 6 nitrogen and oxygen atoms in total. The maximum atomic E-state index is 14.7. The van der Waals surface area contributed by atoms with Crippen molar-refractivity contribution >= 4 is 43.8 Å². The highest BCUT2D eigenvalue weighted by Crippen LogP contribution is 2.62. The van der Waals surface area contributed by atoms with Crippen LogP contribution in [0.3, 0.4) is 0 Å². The lowest BCUT2D eigenvalue weighted by Gasteiger charge is -2.36. The molecule has 2 N–H and O–H groups in total. The minimum Gasteiger partial charge on any atom is -0.379 e. The van der Waals surface area contributed by atoms with Crippen molar-refractivity contribution in [2.75, 3.05) is 24.1 Å². The maximum absolute atomic E-state index is 14.7. The van der Waals surface area contributed by atoms with E-state index in [4.69, 9.17) is 11.6 Å². The van der Waals surface area contributed by atoms with Gasteiger partial charge in [0.25, 0.3) is 15.9 Å². The summed E-state index contributed by atoms with van der Waals surface area (Å²) >= 11 is 7.30. The van der Waals surface area contributed by atoms with Gasteiger partial charge in [0.2, 0.25) is 0 Å². The number of aromatic nitrogens is 1. The summed E-state index contributed by atoms with van der Waals surface area (Å²) in [6.07, 6.45) is 1.97. The Morgan fingerprint density at radius 3 is 2.60 bits per heavy atom. The van der Waals surface area contributed by atoms with Crippen LogP contribution >= 0.6 is 22.9 Å². The Kier molecular flexibility index (Phi) is 5.44. The van der Waals surface area contributed by atoms with E-state index in [-0.39, 0.29) is 34.3 Å². The average molecular weight is 481 g/mol. The number of rotatable bonds is 6. The number of nitrogens with one attached hydrogen (secondary N) is 2. The lowest BCUT2D eigenvalue weighted by atomic mass is 9.89. The Morgan fingerprint density at radius 2 is 1.97 bits per heavy atom. The Labute approximate surface area is 181 Å². The molecule has 0 spiro atoms. The van der Waals surface area contributed by atoms with E-state index < -0.39 is 38.5 Å². The van der Waals surface area contributed by atoms with Crippen LogP contribution < -0.4 is 10.0 Å². The van der Waals surface area contributed by atoms with Gasteiger partial charge in [-0.05, 0) is 39.1 Å². The zero-order valence-electron chi connectivity index (χ0n) is 16.1. The zero-order valence-corrected chi connectivity index (χ0v) is 18.5. The number of hydrogen-bond acceptors (Lipinski definition) is 6. The van der Waals surface area contributed by atoms with Crippen LogP contribution in [0.25, 0.3) is 0 Å². The second-order valence-electron chi connectivity index (χ2n) is 7.85. The van der Waals surface area contributed by atoms with Gasteiger partial charge in [-0.1, -0.05) is 11.6 Å². The molecule has 2 fully saturated rings. The predicted octanol–water partition coefficient (Wildman–Crippen LogP) is 4.12. The molecule has 164 valence electrons. The molecule has 1 heterocycles. The van der Waals surface area contributed by atoms with Gasteiger partial charge < -0.3 is 10.2 Å². The highest BCUT2D eigenvalue weighted by atomic mass is 35.5. The monoisotopic (exact) mass is 480 g/mol. The van der Waals surface area contributed by atoms with Crippen LogP contribution in [0.4, 0.5) is 24.0 Å². The fourth-order valence-electron chi connectivity index (χ4n) is 4.17. The second kappa shape index (κ2) is 7.54. The number of alkyl halides is 2. The number of benzene rings is 1. The number of nitrogens with zero attached hydrogens (tertiary/aromatic N) is 2.